The highest BCUT2D eigenvalue weighted by Crippen LogP contribution is 2.24. The van der Waals surface area contributed by atoms with Crippen molar-refractivity contribution in [3.8, 4) is 0 Å². The van der Waals surface area contributed by atoms with E-state index < -0.39 is 0 Å². The fraction of sp³-hybridized carbons (Fsp3) is 0.647. The number of piperidine rings is 1. The minimum atomic E-state index is -0.0123. The maximum Gasteiger partial charge on any atom is 0.223 e. The van der Waals surface area contributed by atoms with Crippen molar-refractivity contribution in [1.82, 2.24) is 4.90 Å². The normalized spacial score (nSPS) is 20.0. The molecular weight excluding hydrogens is 296 g/mol. The van der Waals surface area contributed by atoms with E-state index in [0.29, 0.717) is 0 Å². The lowest BCUT2D eigenvalue weighted by atomic mass is 9.96. The first-order valence-corrected chi connectivity index (χ1v) is 8.87. The number of hydrogen-bond acceptors (Lipinski definition) is 4. The van der Waals surface area contributed by atoms with Crippen LogP contribution in [-0.4, -0.2) is 35.2 Å². The first kappa shape index (κ1) is 17.2. The van der Waals surface area contributed by atoms with Crippen molar-refractivity contribution in [2.24, 2.45) is 5.73 Å². The van der Waals surface area contributed by atoms with Gasteiger partial charge in [-0.3, -0.25) is 9.59 Å². The molecule has 0 radical (unpaired) electrons. The fourth-order valence-electron chi connectivity index (χ4n) is 3.22. The molecule has 0 spiro atoms. The van der Waals surface area contributed by atoms with Gasteiger partial charge in [0.15, 0.2) is 5.78 Å². The second-order valence-electron chi connectivity index (χ2n) is 6.26. The fourth-order valence-corrected chi connectivity index (χ4v) is 4.16. The lowest BCUT2D eigenvalue weighted by Gasteiger charge is -2.38. The number of aryl methyl sites for hydroxylation is 2. The quantitative estimate of drug-likeness (QED) is 0.847. The topological polar surface area (TPSA) is 63.4 Å². The molecule has 1 fully saturated rings. The first-order chi connectivity index (χ1) is 10.4. The van der Waals surface area contributed by atoms with Crippen molar-refractivity contribution in [3.63, 3.8) is 0 Å². The summed E-state index contributed by atoms with van der Waals surface area (Å²) in [5.74, 6) is 0.143. The van der Waals surface area contributed by atoms with Crippen LogP contribution in [0, 0.1) is 13.8 Å². The highest BCUT2D eigenvalue weighted by atomic mass is 32.1. The van der Waals surface area contributed by atoms with Crippen LogP contribution in [0.3, 0.4) is 0 Å². The standard InChI is InChI=1S/C17H26N2O2S/c1-11-10-14(13(3)22-11)16(20)7-8-17(21)19-9-5-4-6-15(19)12(2)18/h10,12,15H,4-9,18H2,1-3H3. The lowest BCUT2D eigenvalue weighted by Crippen LogP contribution is -2.51. The summed E-state index contributed by atoms with van der Waals surface area (Å²) in [6.45, 7) is 6.69. The maximum atomic E-state index is 12.5. The zero-order chi connectivity index (χ0) is 16.3. The molecule has 2 rings (SSSR count). The van der Waals surface area contributed by atoms with Crippen LogP contribution in [0.5, 0.6) is 0 Å². The predicted molar refractivity (Wildman–Crippen MR) is 90.4 cm³/mol. The van der Waals surface area contributed by atoms with Gasteiger partial charge in [0.05, 0.1) is 0 Å². The molecule has 2 atom stereocenters. The molecule has 1 aliphatic rings. The summed E-state index contributed by atoms with van der Waals surface area (Å²) in [4.78, 5) is 28.8. The van der Waals surface area contributed by atoms with Crippen molar-refractivity contribution in [3.05, 3.63) is 21.4 Å². The van der Waals surface area contributed by atoms with Crippen molar-refractivity contribution < 1.29 is 9.59 Å². The van der Waals surface area contributed by atoms with Gasteiger partial charge in [0.1, 0.15) is 0 Å². The van der Waals surface area contributed by atoms with Gasteiger partial charge in [0.2, 0.25) is 5.91 Å². The van der Waals surface area contributed by atoms with E-state index in [0.717, 1.165) is 41.1 Å². The number of nitrogens with two attached hydrogens (primary N) is 1. The summed E-state index contributed by atoms with van der Waals surface area (Å²) in [5.41, 5.74) is 6.78. The molecule has 1 aromatic rings. The molecule has 22 heavy (non-hydrogen) atoms. The van der Waals surface area contributed by atoms with Crippen molar-refractivity contribution in [2.75, 3.05) is 6.54 Å². The van der Waals surface area contributed by atoms with E-state index in [4.69, 9.17) is 5.73 Å². The number of rotatable bonds is 5. The van der Waals surface area contributed by atoms with Crippen LogP contribution in [0.4, 0.5) is 0 Å². The highest BCUT2D eigenvalue weighted by Gasteiger charge is 2.29. The number of carbonyl (C=O) groups excluding carboxylic acids is 2. The molecule has 0 aromatic carbocycles. The van der Waals surface area contributed by atoms with Crippen LogP contribution in [0.2, 0.25) is 0 Å². The van der Waals surface area contributed by atoms with Crippen LogP contribution in [0.25, 0.3) is 0 Å². The molecular formula is C17H26N2O2S. The van der Waals surface area contributed by atoms with E-state index in [9.17, 15) is 9.59 Å². The number of likely N-dealkylation sites (tertiary alicyclic amines) is 1. The minimum absolute atomic E-state index is 0.0123. The Bertz CT molecular complexity index is 551. The number of Topliss-reactive ketones (excluding diaryl/α,β-unsaturated/α-hetero) is 1. The molecule has 2 N–H and O–H groups in total. The smallest absolute Gasteiger partial charge is 0.223 e. The molecule has 5 heteroatoms. The zero-order valence-corrected chi connectivity index (χ0v) is 14.5. The Morgan fingerprint density at radius 2 is 2.09 bits per heavy atom. The molecule has 1 aromatic heterocycles. The van der Waals surface area contributed by atoms with Crippen LogP contribution >= 0.6 is 11.3 Å². The molecule has 1 aliphatic heterocycles. The van der Waals surface area contributed by atoms with E-state index in [1.165, 1.54) is 0 Å². The van der Waals surface area contributed by atoms with Gasteiger partial charge in [0, 0.05) is 46.8 Å². The summed E-state index contributed by atoms with van der Waals surface area (Å²) >= 11 is 1.63. The Kier molecular flexibility index (Phi) is 5.75. The highest BCUT2D eigenvalue weighted by molar-refractivity contribution is 7.12. The van der Waals surface area contributed by atoms with Crippen molar-refractivity contribution in [2.45, 2.75) is 65.0 Å². The largest absolute Gasteiger partial charge is 0.338 e. The average Bonchev–Trinajstić information content (AvgIpc) is 2.83. The molecule has 1 saturated heterocycles. The van der Waals surface area contributed by atoms with Crippen molar-refractivity contribution >= 4 is 23.0 Å². The van der Waals surface area contributed by atoms with E-state index in [2.05, 4.69) is 0 Å². The lowest BCUT2D eigenvalue weighted by molar-refractivity contribution is -0.135. The van der Waals surface area contributed by atoms with E-state index in [1.807, 2.05) is 31.7 Å². The van der Waals surface area contributed by atoms with Crippen LogP contribution in [0.15, 0.2) is 6.07 Å². The molecule has 122 valence electrons. The molecule has 1 amide bonds. The van der Waals surface area contributed by atoms with Gasteiger partial charge in [-0.05, 0) is 46.1 Å². The third-order valence-corrected chi connectivity index (χ3v) is 5.35. The zero-order valence-electron chi connectivity index (χ0n) is 13.7. The summed E-state index contributed by atoms with van der Waals surface area (Å²) in [5, 5.41) is 0. The second kappa shape index (κ2) is 7.38. The Morgan fingerprint density at radius 3 is 2.68 bits per heavy atom. The summed E-state index contributed by atoms with van der Waals surface area (Å²) in [6.07, 6.45) is 3.71. The minimum Gasteiger partial charge on any atom is -0.338 e. The summed E-state index contributed by atoms with van der Waals surface area (Å²) in [7, 11) is 0. The first-order valence-electron chi connectivity index (χ1n) is 8.05. The number of ketones is 1. The number of carbonyl (C=O) groups is 2. The summed E-state index contributed by atoms with van der Waals surface area (Å²) in [6, 6.07) is 2.04. The number of amides is 1. The van der Waals surface area contributed by atoms with Crippen molar-refractivity contribution in [1.29, 1.82) is 0 Å². The number of nitrogens with zero attached hydrogens (tertiary/aromatic N) is 1. The molecule has 2 unspecified atom stereocenters. The van der Waals surface area contributed by atoms with E-state index >= 15 is 0 Å². The predicted octanol–water partition coefficient (Wildman–Crippen LogP) is 3.06. The van der Waals surface area contributed by atoms with Gasteiger partial charge in [-0.25, -0.2) is 0 Å². The monoisotopic (exact) mass is 322 g/mol. The van der Waals surface area contributed by atoms with Crippen LogP contribution in [0.1, 0.15) is 59.1 Å². The summed E-state index contributed by atoms with van der Waals surface area (Å²) < 4.78 is 0. The van der Waals surface area contributed by atoms with E-state index in [-0.39, 0.29) is 36.6 Å². The van der Waals surface area contributed by atoms with Gasteiger partial charge in [-0.15, -0.1) is 11.3 Å². The molecule has 0 aliphatic carbocycles. The van der Waals surface area contributed by atoms with Gasteiger partial charge in [-0.1, -0.05) is 0 Å². The van der Waals surface area contributed by atoms with Crippen LogP contribution in [-0.2, 0) is 4.79 Å². The maximum absolute atomic E-state index is 12.5. The van der Waals surface area contributed by atoms with E-state index in [1.54, 1.807) is 11.3 Å². The SMILES string of the molecule is Cc1cc(C(=O)CCC(=O)N2CCCCC2C(C)N)c(C)s1. The molecule has 0 bridgehead atoms. The third-order valence-electron chi connectivity index (χ3n) is 4.38. The van der Waals surface area contributed by atoms with Crippen LogP contribution < -0.4 is 5.73 Å². The van der Waals surface area contributed by atoms with Gasteiger partial charge < -0.3 is 10.6 Å². The Balaban J connectivity index is 1.94. The Hall–Kier alpha value is -1.20. The molecule has 4 nitrogen and oxygen atoms in total. The molecule has 0 saturated carbocycles. The molecule has 2 heterocycles. The number of thiophene rings is 1. The van der Waals surface area contributed by atoms with Gasteiger partial charge in [-0.2, -0.15) is 0 Å². The Morgan fingerprint density at radius 1 is 1.36 bits per heavy atom. The van der Waals surface area contributed by atoms with Gasteiger partial charge in [0.25, 0.3) is 0 Å². The third kappa shape index (κ3) is 3.96. The Labute approximate surface area is 136 Å². The number of hydrogen-bond donors (Lipinski definition) is 1. The average molecular weight is 322 g/mol. The van der Waals surface area contributed by atoms with Gasteiger partial charge >= 0.3 is 0 Å². The second-order valence-corrected chi connectivity index (χ2v) is 7.72.